The van der Waals surface area contributed by atoms with Gasteiger partial charge in [0, 0.05) is 37.4 Å². The van der Waals surface area contributed by atoms with Crippen LogP contribution in [0.5, 0.6) is 0 Å². The molecule has 2 heteroatoms. The summed E-state index contributed by atoms with van der Waals surface area (Å²) in [6.07, 6.45) is 5.02. The molecule has 7 aromatic rings. The van der Waals surface area contributed by atoms with Crippen LogP contribution >= 0.6 is 11.3 Å². The van der Waals surface area contributed by atoms with Crippen LogP contribution in [0.4, 0.5) is 17.1 Å². The molecule has 6 aromatic carbocycles. The molecule has 218 valence electrons. The molecule has 1 aromatic heterocycles. The minimum Gasteiger partial charge on any atom is -0.310 e. The van der Waals surface area contributed by atoms with Gasteiger partial charge < -0.3 is 4.90 Å². The summed E-state index contributed by atoms with van der Waals surface area (Å²) in [6.45, 7) is 4.86. The van der Waals surface area contributed by atoms with E-state index in [1.165, 1.54) is 91.3 Å². The second-order valence-electron chi connectivity index (χ2n) is 13.2. The molecule has 0 aliphatic heterocycles. The van der Waals surface area contributed by atoms with Gasteiger partial charge in [-0.2, -0.15) is 0 Å². The molecule has 0 atom stereocenters. The molecule has 0 saturated carbocycles. The van der Waals surface area contributed by atoms with Crippen LogP contribution < -0.4 is 4.90 Å². The molecule has 2 aliphatic carbocycles. The van der Waals surface area contributed by atoms with Gasteiger partial charge in [-0.25, -0.2) is 0 Å². The topological polar surface area (TPSA) is 3.24 Å². The number of aryl methyl sites for hydroxylation is 2. The van der Waals surface area contributed by atoms with Crippen LogP contribution in [0.25, 0.3) is 43.1 Å². The zero-order chi connectivity index (χ0) is 30.1. The highest BCUT2D eigenvalue weighted by molar-refractivity contribution is 7.19. The number of anilines is 3. The van der Waals surface area contributed by atoms with E-state index in [0.29, 0.717) is 0 Å². The van der Waals surface area contributed by atoms with Crippen LogP contribution in [-0.4, -0.2) is 0 Å². The van der Waals surface area contributed by atoms with Crippen molar-refractivity contribution in [3.05, 3.63) is 149 Å². The van der Waals surface area contributed by atoms with Gasteiger partial charge in [0.15, 0.2) is 0 Å². The van der Waals surface area contributed by atoms with E-state index in [1.807, 2.05) is 11.3 Å². The number of thiophene rings is 1. The largest absolute Gasteiger partial charge is 0.310 e. The summed E-state index contributed by atoms with van der Waals surface area (Å²) >= 11 is 2.05. The first-order valence-corrected chi connectivity index (χ1v) is 17.1. The highest BCUT2D eigenvalue weighted by Gasteiger charge is 2.39. The van der Waals surface area contributed by atoms with Gasteiger partial charge in [0.25, 0.3) is 0 Å². The van der Waals surface area contributed by atoms with Gasteiger partial charge in [0.2, 0.25) is 0 Å². The second-order valence-corrected chi connectivity index (χ2v) is 14.3. The molecule has 0 unspecified atom stereocenters. The molecule has 2 aliphatic rings. The first-order chi connectivity index (χ1) is 22.1. The van der Waals surface area contributed by atoms with Gasteiger partial charge in [-0.15, -0.1) is 11.3 Å². The van der Waals surface area contributed by atoms with Crippen molar-refractivity contribution in [2.75, 3.05) is 4.90 Å². The Kier molecular flexibility index (Phi) is 6.05. The fraction of sp³-hybridized carbons (Fsp3) is 0.163. The van der Waals surface area contributed by atoms with Crippen molar-refractivity contribution >= 4 is 49.3 Å². The molecule has 0 bridgehead atoms. The zero-order valence-corrected chi connectivity index (χ0v) is 26.6. The normalized spacial score (nSPS) is 14.7. The fourth-order valence-corrected chi connectivity index (χ4v) is 9.33. The Morgan fingerprint density at radius 2 is 1.27 bits per heavy atom. The lowest BCUT2D eigenvalue weighted by atomic mass is 9.80. The van der Waals surface area contributed by atoms with Gasteiger partial charge in [-0.3, -0.25) is 0 Å². The predicted molar refractivity (Wildman–Crippen MR) is 194 cm³/mol. The minimum absolute atomic E-state index is 0.130. The zero-order valence-electron chi connectivity index (χ0n) is 25.8. The number of benzene rings is 6. The van der Waals surface area contributed by atoms with Crippen molar-refractivity contribution in [1.82, 2.24) is 0 Å². The Morgan fingerprint density at radius 3 is 2.09 bits per heavy atom. The highest BCUT2D eigenvalue weighted by Crippen LogP contribution is 2.57. The van der Waals surface area contributed by atoms with Crippen LogP contribution in [0.1, 0.15) is 48.3 Å². The van der Waals surface area contributed by atoms with Gasteiger partial charge in [0.1, 0.15) is 0 Å². The monoisotopic (exact) mass is 597 g/mol. The molecular weight excluding hydrogens is 563 g/mol. The SMILES string of the molecule is CC1(C)c2cc(N(c3ccccc3)c3ccc4ccccc4c3)ccc2-c2c1cc1sc3c(c1c2-c1ccccc1)CCCC3. The van der Waals surface area contributed by atoms with E-state index in [1.54, 1.807) is 10.4 Å². The smallest absolute Gasteiger partial charge is 0.0468 e. The third kappa shape index (κ3) is 4.12. The Labute approximate surface area is 269 Å². The summed E-state index contributed by atoms with van der Waals surface area (Å²) in [4.78, 5) is 4.03. The Hall–Kier alpha value is -4.66. The minimum atomic E-state index is -0.130. The van der Waals surface area contributed by atoms with Crippen LogP contribution in [0.2, 0.25) is 0 Å². The van der Waals surface area contributed by atoms with Crippen molar-refractivity contribution < 1.29 is 0 Å². The summed E-state index contributed by atoms with van der Waals surface area (Å²) in [6, 6.07) is 47.2. The quantitative estimate of drug-likeness (QED) is 0.195. The molecule has 0 saturated heterocycles. The number of fused-ring (bicyclic) bond motifs is 7. The summed E-state index contributed by atoms with van der Waals surface area (Å²) in [5.41, 5.74) is 13.4. The lowest BCUT2D eigenvalue weighted by Crippen LogP contribution is -2.16. The molecule has 0 radical (unpaired) electrons. The predicted octanol–water partition coefficient (Wildman–Crippen LogP) is 12.4. The van der Waals surface area contributed by atoms with Crippen molar-refractivity contribution in [2.24, 2.45) is 0 Å². The molecule has 0 spiro atoms. The molecule has 45 heavy (non-hydrogen) atoms. The summed E-state index contributed by atoms with van der Waals surface area (Å²) < 4.78 is 1.46. The Balaban J connectivity index is 1.29. The molecule has 0 fully saturated rings. The Morgan fingerprint density at radius 1 is 0.578 bits per heavy atom. The number of nitrogens with zero attached hydrogens (tertiary/aromatic N) is 1. The molecule has 0 amide bonds. The maximum Gasteiger partial charge on any atom is 0.0468 e. The first kappa shape index (κ1) is 26.7. The summed E-state index contributed by atoms with van der Waals surface area (Å²) in [7, 11) is 0. The fourth-order valence-electron chi connectivity index (χ4n) is 7.98. The van der Waals surface area contributed by atoms with Gasteiger partial charge in [-0.05, 0) is 118 Å². The Bertz CT molecular complexity index is 2240. The molecule has 1 nitrogen and oxygen atoms in total. The third-order valence-corrected chi connectivity index (χ3v) is 11.4. The number of hydrogen-bond acceptors (Lipinski definition) is 2. The molecule has 0 N–H and O–H groups in total. The van der Waals surface area contributed by atoms with E-state index < -0.39 is 0 Å². The van der Waals surface area contributed by atoms with Crippen LogP contribution in [-0.2, 0) is 18.3 Å². The van der Waals surface area contributed by atoms with Gasteiger partial charge >= 0.3 is 0 Å². The number of para-hydroxylation sites is 1. The van der Waals surface area contributed by atoms with Crippen LogP contribution in [0.3, 0.4) is 0 Å². The van der Waals surface area contributed by atoms with Crippen molar-refractivity contribution in [3.63, 3.8) is 0 Å². The average Bonchev–Trinajstić information content (AvgIpc) is 3.56. The summed E-state index contributed by atoms with van der Waals surface area (Å²) in [5, 5.41) is 4.02. The van der Waals surface area contributed by atoms with E-state index >= 15 is 0 Å². The van der Waals surface area contributed by atoms with E-state index in [0.717, 1.165) is 5.69 Å². The first-order valence-electron chi connectivity index (χ1n) is 16.2. The lowest BCUT2D eigenvalue weighted by Gasteiger charge is -2.28. The maximum absolute atomic E-state index is 2.55. The standard InChI is InChI=1S/C43H35NS/c1-43(2)36-26-33(44(31-17-7-4-8-18-31)32-22-21-28-13-9-10-16-30(28)25-32)23-24-34(36)41-37(43)27-39-42(35-19-11-12-20-38(35)45-39)40(41)29-14-5-3-6-15-29/h3-10,13-18,21-27H,11-12,19-20H2,1-2H3. The number of hydrogen-bond donors (Lipinski definition) is 0. The van der Waals surface area contributed by atoms with E-state index in [-0.39, 0.29) is 5.41 Å². The van der Waals surface area contributed by atoms with E-state index in [9.17, 15) is 0 Å². The lowest BCUT2D eigenvalue weighted by molar-refractivity contribution is 0.661. The molecular formula is C43H35NS. The van der Waals surface area contributed by atoms with E-state index in [2.05, 4.69) is 146 Å². The maximum atomic E-state index is 2.55. The van der Waals surface area contributed by atoms with Crippen molar-refractivity contribution in [3.8, 4) is 22.3 Å². The molecule has 1 heterocycles. The van der Waals surface area contributed by atoms with E-state index in [4.69, 9.17) is 0 Å². The van der Waals surface area contributed by atoms with Gasteiger partial charge in [-0.1, -0.05) is 98.8 Å². The molecule has 9 rings (SSSR count). The van der Waals surface area contributed by atoms with Crippen LogP contribution in [0, 0.1) is 0 Å². The third-order valence-electron chi connectivity index (χ3n) is 10.2. The number of rotatable bonds is 4. The highest BCUT2D eigenvalue weighted by atomic mass is 32.1. The van der Waals surface area contributed by atoms with Gasteiger partial charge in [0.05, 0.1) is 0 Å². The van der Waals surface area contributed by atoms with Crippen molar-refractivity contribution in [2.45, 2.75) is 44.9 Å². The average molecular weight is 598 g/mol. The van der Waals surface area contributed by atoms with Crippen molar-refractivity contribution in [1.29, 1.82) is 0 Å². The van der Waals surface area contributed by atoms with Crippen LogP contribution in [0.15, 0.2) is 127 Å². The second kappa shape index (κ2) is 10.2. The summed E-state index contributed by atoms with van der Waals surface area (Å²) in [5.74, 6) is 0.